The highest BCUT2D eigenvalue weighted by Gasteiger charge is 2.33. The molecule has 1 atom stereocenters. The first-order chi connectivity index (χ1) is 10.9. The average molecular weight is 348 g/mol. The number of amides is 2. The third-order valence-electron chi connectivity index (χ3n) is 4.34. The number of nitrogens with two attached hydrogens (primary N) is 1. The zero-order valence-corrected chi connectivity index (χ0v) is 15.9. The second-order valence-corrected chi connectivity index (χ2v) is 12.3. The van der Waals surface area contributed by atoms with E-state index in [-0.39, 0.29) is 17.0 Å². The van der Waals surface area contributed by atoms with Crippen molar-refractivity contribution in [3.63, 3.8) is 0 Å². The van der Waals surface area contributed by atoms with Crippen LogP contribution in [0.3, 0.4) is 0 Å². The van der Waals surface area contributed by atoms with Gasteiger partial charge in [-0.25, -0.2) is 4.39 Å². The van der Waals surface area contributed by atoms with Gasteiger partial charge in [-0.3, -0.25) is 9.59 Å². The van der Waals surface area contributed by atoms with Crippen LogP contribution in [0.25, 0.3) is 0 Å². The second-order valence-electron chi connectivity index (χ2n) is 7.32. The van der Waals surface area contributed by atoms with Crippen molar-refractivity contribution in [3.8, 4) is 11.5 Å². The highest BCUT2D eigenvalue weighted by molar-refractivity contribution is 6.87. The Morgan fingerprint density at radius 2 is 1.79 bits per heavy atom. The summed E-state index contributed by atoms with van der Waals surface area (Å²) in [4.78, 5) is 23.7. The molecule has 0 aliphatic heterocycles. The Balaban J connectivity index is 2.81. The Hall–Kier alpha value is -2.13. The molecule has 0 aliphatic rings. The maximum Gasteiger partial charge on any atom is 0.251 e. The predicted octanol–water partition coefficient (Wildman–Crippen LogP) is 2.85. The lowest BCUT2D eigenvalue weighted by Gasteiger charge is -2.31. The fourth-order valence-corrected chi connectivity index (χ4v) is 2.55. The molecule has 0 saturated heterocycles. The number of rotatable bonds is 4. The van der Waals surface area contributed by atoms with Gasteiger partial charge in [-0.2, -0.15) is 0 Å². The Bertz CT molecular complexity index is 667. The minimum Gasteiger partial charge on any atom is -0.368 e. The molecule has 4 nitrogen and oxygen atoms in total. The third-order valence-corrected chi connectivity index (χ3v) is 8.89. The molecule has 0 saturated carbocycles. The number of nitrogens with one attached hydrogen (secondary N) is 1. The lowest BCUT2D eigenvalue weighted by molar-refractivity contribution is -0.119. The molecule has 0 aliphatic carbocycles. The van der Waals surface area contributed by atoms with Crippen LogP contribution in [0, 0.1) is 17.3 Å². The first-order valence-corrected chi connectivity index (χ1v) is 10.8. The highest BCUT2D eigenvalue weighted by atomic mass is 28.3. The second kappa shape index (κ2) is 7.62. The van der Waals surface area contributed by atoms with E-state index in [1.54, 1.807) is 0 Å². The van der Waals surface area contributed by atoms with E-state index in [4.69, 9.17) is 5.73 Å². The van der Waals surface area contributed by atoms with Crippen LogP contribution >= 0.6 is 0 Å². The number of hydrogen-bond acceptors (Lipinski definition) is 2. The molecule has 2 amide bonds. The summed E-state index contributed by atoms with van der Waals surface area (Å²) in [6, 6.07) is 4.20. The van der Waals surface area contributed by atoms with E-state index in [1.807, 2.05) is 0 Å². The zero-order valence-electron chi connectivity index (χ0n) is 14.9. The normalized spacial score (nSPS) is 12.8. The maximum atomic E-state index is 12.9. The van der Waals surface area contributed by atoms with Crippen LogP contribution in [0.5, 0.6) is 0 Å². The molecule has 0 unspecified atom stereocenters. The summed E-state index contributed by atoms with van der Waals surface area (Å²) in [6.45, 7) is 10.8. The molecule has 0 heterocycles. The number of carbonyl (C=O) groups excluding carboxylic acids is 2. The molecule has 0 bridgehead atoms. The molecule has 3 N–H and O–H groups in total. The first-order valence-electron chi connectivity index (χ1n) is 7.80. The van der Waals surface area contributed by atoms with Gasteiger partial charge in [-0.15, -0.1) is 11.5 Å². The third kappa shape index (κ3) is 5.50. The van der Waals surface area contributed by atoms with Gasteiger partial charge < -0.3 is 11.1 Å². The van der Waals surface area contributed by atoms with Crippen LogP contribution in [0.1, 0.15) is 37.6 Å². The molecular formula is C18H25FN2O2Si. The molecule has 1 aromatic carbocycles. The Morgan fingerprint density at radius 3 is 2.25 bits per heavy atom. The smallest absolute Gasteiger partial charge is 0.251 e. The van der Waals surface area contributed by atoms with E-state index in [2.05, 4.69) is 50.6 Å². The standard InChI is InChI=1S/C18H25FN2O2Si/c1-18(2,3)24(4,5)12-6-7-15(16(20)22)21-17(23)13-8-10-14(19)11-9-13/h8-11,15H,7H2,1-5H3,(H2,20,22)(H,21,23)/t15-/m1/s1. The molecule has 0 fully saturated rings. The molecule has 1 aromatic rings. The van der Waals surface area contributed by atoms with E-state index in [0.29, 0.717) is 0 Å². The lowest BCUT2D eigenvalue weighted by Crippen LogP contribution is -2.44. The SMILES string of the molecule is CC(C)(C)[Si](C)(C)C#CC[C@@H](NC(=O)c1ccc(F)cc1)C(N)=O. The summed E-state index contributed by atoms with van der Waals surface area (Å²) in [5.41, 5.74) is 8.90. The summed E-state index contributed by atoms with van der Waals surface area (Å²) in [7, 11) is -1.78. The van der Waals surface area contributed by atoms with E-state index in [0.717, 1.165) is 0 Å². The molecule has 6 heteroatoms. The fourth-order valence-electron chi connectivity index (χ4n) is 1.63. The van der Waals surface area contributed by atoms with Crippen molar-refractivity contribution >= 4 is 19.9 Å². The summed E-state index contributed by atoms with van der Waals surface area (Å²) < 4.78 is 12.9. The quantitative estimate of drug-likeness (QED) is 0.649. The summed E-state index contributed by atoms with van der Waals surface area (Å²) >= 11 is 0. The fraction of sp³-hybridized carbons (Fsp3) is 0.444. The van der Waals surface area contributed by atoms with Crippen LogP contribution < -0.4 is 11.1 Å². The van der Waals surface area contributed by atoms with E-state index < -0.39 is 31.7 Å². The minimum atomic E-state index is -1.78. The van der Waals surface area contributed by atoms with Crippen molar-refractivity contribution in [3.05, 3.63) is 35.6 Å². The van der Waals surface area contributed by atoms with Gasteiger partial charge >= 0.3 is 0 Å². The minimum absolute atomic E-state index is 0.111. The number of hydrogen-bond donors (Lipinski definition) is 2. The van der Waals surface area contributed by atoms with Crippen LogP contribution in [-0.2, 0) is 4.79 Å². The molecule has 130 valence electrons. The first kappa shape index (κ1) is 19.9. The lowest BCUT2D eigenvalue weighted by atomic mass is 10.1. The maximum absolute atomic E-state index is 12.9. The van der Waals surface area contributed by atoms with Crippen molar-refractivity contribution in [1.29, 1.82) is 0 Å². The number of halogens is 1. The van der Waals surface area contributed by atoms with E-state index >= 15 is 0 Å². The van der Waals surface area contributed by atoms with Crippen molar-refractivity contribution in [2.75, 3.05) is 0 Å². The topological polar surface area (TPSA) is 72.2 Å². The highest BCUT2D eigenvalue weighted by Crippen LogP contribution is 2.35. The van der Waals surface area contributed by atoms with Gasteiger partial charge in [0.25, 0.3) is 5.91 Å². The monoisotopic (exact) mass is 348 g/mol. The van der Waals surface area contributed by atoms with E-state index in [1.165, 1.54) is 24.3 Å². The number of benzene rings is 1. The Morgan fingerprint density at radius 1 is 1.25 bits per heavy atom. The Kier molecular flexibility index (Phi) is 6.33. The van der Waals surface area contributed by atoms with Crippen LogP contribution in [0.4, 0.5) is 4.39 Å². The summed E-state index contributed by atoms with van der Waals surface area (Å²) in [5, 5.41) is 2.66. The molecule has 1 rings (SSSR count). The van der Waals surface area contributed by atoms with Crippen molar-refractivity contribution < 1.29 is 14.0 Å². The average Bonchev–Trinajstić information content (AvgIpc) is 2.45. The zero-order chi connectivity index (χ0) is 18.5. The van der Waals surface area contributed by atoms with Crippen LogP contribution in [0.2, 0.25) is 18.1 Å². The molecule has 0 spiro atoms. The van der Waals surface area contributed by atoms with Gasteiger partial charge in [0, 0.05) is 12.0 Å². The van der Waals surface area contributed by atoms with Crippen LogP contribution in [0.15, 0.2) is 24.3 Å². The van der Waals surface area contributed by atoms with Gasteiger partial charge in [-0.1, -0.05) is 33.9 Å². The van der Waals surface area contributed by atoms with E-state index in [9.17, 15) is 14.0 Å². The number of carbonyl (C=O) groups is 2. The summed E-state index contributed by atoms with van der Waals surface area (Å²) in [5.74, 6) is 1.46. The Labute approximate surface area is 144 Å². The molecule has 24 heavy (non-hydrogen) atoms. The van der Waals surface area contributed by atoms with Gasteiger partial charge in [0.15, 0.2) is 0 Å². The summed E-state index contributed by atoms with van der Waals surface area (Å²) in [6.07, 6.45) is 0.161. The van der Waals surface area contributed by atoms with Gasteiger partial charge in [0.05, 0.1) is 0 Å². The molecule has 0 aromatic heterocycles. The van der Waals surface area contributed by atoms with Crippen molar-refractivity contribution in [2.45, 2.75) is 51.4 Å². The van der Waals surface area contributed by atoms with Gasteiger partial charge in [-0.05, 0) is 29.3 Å². The molecule has 0 radical (unpaired) electrons. The van der Waals surface area contributed by atoms with Crippen molar-refractivity contribution in [2.24, 2.45) is 5.73 Å². The largest absolute Gasteiger partial charge is 0.368 e. The van der Waals surface area contributed by atoms with Crippen LogP contribution in [-0.4, -0.2) is 25.9 Å². The molecular weight excluding hydrogens is 323 g/mol. The predicted molar refractivity (Wildman–Crippen MR) is 96.4 cm³/mol. The van der Waals surface area contributed by atoms with Gasteiger partial charge in [0.2, 0.25) is 5.91 Å². The number of primary amides is 1. The van der Waals surface area contributed by atoms with Gasteiger partial charge in [0.1, 0.15) is 19.9 Å². The van der Waals surface area contributed by atoms with Crippen molar-refractivity contribution in [1.82, 2.24) is 5.32 Å².